The first-order valence-electron chi connectivity index (χ1n) is 7.74. The molecule has 1 aromatic heterocycles. The predicted octanol–water partition coefficient (Wildman–Crippen LogP) is 2.28. The summed E-state index contributed by atoms with van der Waals surface area (Å²) < 4.78 is 0. The van der Waals surface area contributed by atoms with E-state index in [9.17, 15) is 9.59 Å². The van der Waals surface area contributed by atoms with Crippen LogP contribution < -0.4 is 10.6 Å². The van der Waals surface area contributed by atoms with E-state index in [1.165, 1.54) is 17.3 Å². The van der Waals surface area contributed by atoms with Crippen molar-refractivity contribution >= 4 is 29.4 Å². The second kappa shape index (κ2) is 9.67. The molecule has 1 aromatic carbocycles. The molecule has 2 rings (SSSR count). The van der Waals surface area contributed by atoms with Gasteiger partial charge >= 0.3 is 0 Å². The van der Waals surface area contributed by atoms with Crippen LogP contribution in [-0.4, -0.2) is 34.3 Å². The summed E-state index contributed by atoms with van der Waals surface area (Å²) >= 11 is 1.31. The van der Waals surface area contributed by atoms with Crippen LogP contribution in [0, 0.1) is 0 Å². The van der Waals surface area contributed by atoms with E-state index in [-0.39, 0.29) is 17.6 Å². The molecule has 0 bridgehead atoms. The molecule has 0 atom stereocenters. The van der Waals surface area contributed by atoms with Gasteiger partial charge in [0.15, 0.2) is 5.82 Å². The molecule has 0 spiro atoms. The topological polar surface area (TPSA) is 84.0 Å². The smallest absolute Gasteiger partial charge is 0.230 e. The van der Waals surface area contributed by atoms with Crippen LogP contribution in [0.15, 0.2) is 47.5 Å². The fourth-order valence-electron chi connectivity index (χ4n) is 1.88. The molecule has 7 heteroatoms. The van der Waals surface area contributed by atoms with E-state index in [0.717, 1.165) is 6.42 Å². The molecule has 0 aliphatic heterocycles. The summed E-state index contributed by atoms with van der Waals surface area (Å²) in [6.45, 7) is 2.38. The Labute approximate surface area is 145 Å². The Morgan fingerprint density at radius 2 is 1.83 bits per heavy atom. The van der Waals surface area contributed by atoms with Crippen LogP contribution in [0.25, 0.3) is 0 Å². The second-order valence-electron chi connectivity index (χ2n) is 5.03. The summed E-state index contributed by atoms with van der Waals surface area (Å²) in [5.74, 6) is 0.548. The fourth-order valence-corrected chi connectivity index (χ4v) is 2.52. The monoisotopic (exact) mass is 344 g/mol. The Kier molecular flexibility index (Phi) is 7.22. The van der Waals surface area contributed by atoms with Gasteiger partial charge in [-0.15, -0.1) is 10.2 Å². The Balaban J connectivity index is 1.68. The zero-order chi connectivity index (χ0) is 17.2. The molecule has 0 fully saturated rings. The van der Waals surface area contributed by atoms with Gasteiger partial charge in [-0.3, -0.25) is 9.59 Å². The molecule has 6 nitrogen and oxygen atoms in total. The Morgan fingerprint density at radius 1 is 1.04 bits per heavy atom. The minimum Gasteiger partial charge on any atom is -0.355 e. The Morgan fingerprint density at radius 3 is 2.50 bits per heavy atom. The van der Waals surface area contributed by atoms with Crippen molar-refractivity contribution in [2.45, 2.75) is 24.8 Å². The lowest BCUT2D eigenvalue weighted by Gasteiger charge is -2.05. The first kappa shape index (κ1) is 17.9. The zero-order valence-electron chi connectivity index (χ0n) is 13.5. The van der Waals surface area contributed by atoms with Crippen molar-refractivity contribution in [1.82, 2.24) is 15.5 Å². The molecule has 0 aliphatic carbocycles. The number of amides is 2. The van der Waals surface area contributed by atoms with Gasteiger partial charge in [0.1, 0.15) is 5.03 Å². The van der Waals surface area contributed by atoms with E-state index in [1.54, 1.807) is 19.1 Å². The van der Waals surface area contributed by atoms with Crippen LogP contribution in [0.3, 0.4) is 0 Å². The third kappa shape index (κ3) is 6.37. The van der Waals surface area contributed by atoms with E-state index >= 15 is 0 Å². The van der Waals surface area contributed by atoms with Crippen molar-refractivity contribution in [3.63, 3.8) is 0 Å². The molecule has 0 saturated carbocycles. The highest BCUT2D eigenvalue weighted by Crippen LogP contribution is 2.15. The maximum absolute atomic E-state index is 11.8. The summed E-state index contributed by atoms with van der Waals surface area (Å²) in [4.78, 5) is 23.1. The zero-order valence-corrected chi connectivity index (χ0v) is 14.3. The van der Waals surface area contributed by atoms with Crippen LogP contribution in [0.5, 0.6) is 0 Å². The van der Waals surface area contributed by atoms with E-state index < -0.39 is 0 Å². The van der Waals surface area contributed by atoms with Gasteiger partial charge in [0.05, 0.1) is 5.75 Å². The van der Waals surface area contributed by atoms with Crippen LogP contribution >= 0.6 is 11.8 Å². The van der Waals surface area contributed by atoms with Crippen molar-refractivity contribution in [3.8, 4) is 0 Å². The average molecular weight is 344 g/mol. The van der Waals surface area contributed by atoms with Gasteiger partial charge in [0, 0.05) is 13.0 Å². The number of carbonyl (C=O) groups is 2. The Hall–Kier alpha value is -2.41. The van der Waals surface area contributed by atoms with Crippen LogP contribution in [-0.2, 0) is 16.0 Å². The molecule has 0 aliphatic rings. The first-order valence-corrected chi connectivity index (χ1v) is 8.73. The number of nitrogens with one attached hydrogen (secondary N) is 2. The standard InChI is InChI=1S/C17H20N4O2S/c1-2-15(22)19-14-8-9-17(21-20-14)24-12-16(23)18-11-10-13-6-4-3-5-7-13/h3-9H,2,10-12H2,1H3,(H,18,23)(H,19,20,22). The van der Waals surface area contributed by atoms with E-state index in [1.807, 2.05) is 30.3 Å². The van der Waals surface area contributed by atoms with Gasteiger partial charge in [0.25, 0.3) is 0 Å². The first-order chi connectivity index (χ1) is 11.7. The van der Waals surface area contributed by atoms with Crippen molar-refractivity contribution in [2.24, 2.45) is 0 Å². The van der Waals surface area contributed by atoms with Crippen molar-refractivity contribution < 1.29 is 9.59 Å². The number of thioether (sulfide) groups is 1. The summed E-state index contributed by atoms with van der Waals surface area (Å²) in [5.41, 5.74) is 1.20. The molecule has 0 unspecified atom stereocenters. The average Bonchev–Trinajstić information content (AvgIpc) is 2.62. The highest BCUT2D eigenvalue weighted by molar-refractivity contribution is 7.99. The molecule has 0 radical (unpaired) electrons. The SMILES string of the molecule is CCC(=O)Nc1ccc(SCC(=O)NCCc2ccccc2)nn1. The van der Waals surface area contributed by atoms with E-state index in [0.29, 0.717) is 23.8 Å². The number of carbonyl (C=O) groups excluding carboxylic acids is 2. The number of hydrogen-bond donors (Lipinski definition) is 2. The molecule has 1 heterocycles. The number of rotatable bonds is 8. The quantitative estimate of drug-likeness (QED) is 0.718. The second-order valence-corrected chi connectivity index (χ2v) is 6.03. The number of benzene rings is 1. The molecule has 2 N–H and O–H groups in total. The van der Waals surface area contributed by atoms with Gasteiger partial charge in [-0.25, -0.2) is 0 Å². The van der Waals surface area contributed by atoms with Gasteiger partial charge in [-0.05, 0) is 24.1 Å². The van der Waals surface area contributed by atoms with Crippen molar-refractivity contribution in [1.29, 1.82) is 0 Å². The molecule has 2 aromatic rings. The third-order valence-electron chi connectivity index (χ3n) is 3.16. The summed E-state index contributed by atoms with van der Waals surface area (Å²) in [5, 5.41) is 14.0. The van der Waals surface area contributed by atoms with Crippen molar-refractivity contribution in [3.05, 3.63) is 48.0 Å². The maximum Gasteiger partial charge on any atom is 0.230 e. The summed E-state index contributed by atoms with van der Waals surface area (Å²) in [6.07, 6.45) is 1.20. The number of aromatic nitrogens is 2. The summed E-state index contributed by atoms with van der Waals surface area (Å²) in [6, 6.07) is 13.4. The number of nitrogens with zero attached hydrogens (tertiary/aromatic N) is 2. The number of hydrogen-bond acceptors (Lipinski definition) is 5. The Bertz CT molecular complexity index is 662. The van der Waals surface area contributed by atoms with E-state index in [4.69, 9.17) is 0 Å². The van der Waals surface area contributed by atoms with Gasteiger partial charge in [-0.1, -0.05) is 49.0 Å². The minimum absolute atomic E-state index is 0.0407. The highest BCUT2D eigenvalue weighted by atomic mass is 32.2. The highest BCUT2D eigenvalue weighted by Gasteiger charge is 2.05. The lowest BCUT2D eigenvalue weighted by molar-refractivity contribution is -0.118. The van der Waals surface area contributed by atoms with E-state index in [2.05, 4.69) is 20.8 Å². The minimum atomic E-state index is -0.109. The maximum atomic E-state index is 11.8. The van der Waals surface area contributed by atoms with Crippen LogP contribution in [0.4, 0.5) is 5.82 Å². The van der Waals surface area contributed by atoms with Gasteiger partial charge < -0.3 is 10.6 Å². The lowest BCUT2D eigenvalue weighted by Crippen LogP contribution is -2.27. The van der Waals surface area contributed by atoms with Crippen LogP contribution in [0.2, 0.25) is 0 Å². The van der Waals surface area contributed by atoms with Crippen molar-refractivity contribution in [2.75, 3.05) is 17.6 Å². The lowest BCUT2D eigenvalue weighted by atomic mass is 10.1. The normalized spacial score (nSPS) is 10.2. The molecule has 24 heavy (non-hydrogen) atoms. The van der Waals surface area contributed by atoms with Crippen LogP contribution in [0.1, 0.15) is 18.9 Å². The largest absolute Gasteiger partial charge is 0.355 e. The fraction of sp³-hybridized carbons (Fsp3) is 0.294. The molecular weight excluding hydrogens is 324 g/mol. The molecule has 2 amide bonds. The van der Waals surface area contributed by atoms with Gasteiger partial charge in [0.2, 0.25) is 11.8 Å². The molecule has 126 valence electrons. The third-order valence-corrected chi connectivity index (χ3v) is 4.08. The molecule has 0 saturated heterocycles. The van der Waals surface area contributed by atoms with Gasteiger partial charge in [-0.2, -0.15) is 0 Å². The summed E-state index contributed by atoms with van der Waals surface area (Å²) in [7, 11) is 0. The predicted molar refractivity (Wildman–Crippen MR) is 94.8 cm³/mol. The number of anilines is 1. The molecular formula is C17H20N4O2S.